The van der Waals surface area contributed by atoms with E-state index >= 15 is 0 Å². The van der Waals surface area contributed by atoms with Crippen LogP contribution in [0.3, 0.4) is 0 Å². The Hall–Kier alpha value is -1.36. The summed E-state index contributed by atoms with van der Waals surface area (Å²) in [6.45, 7) is 7.89. The molecule has 1 amide bonds. The van der Waals surface area contributed by atoms with Crippen molar-refractivity contribution < 1.29 is 9.90 Å². The molecule has 5 heteroatoms. The normalized spacial score (nSPS) is 21.9. The van der Waals surface area contributed by atoms with E-state index in [-0.39, 0.29) is 11.8 Å². The van der Waals surface area contributed by atoms with Gasteiger partial charge in [-0.2, -0.15) is 0 Å². The fourth-order valence-corrected chi connectivity index (χ4v) is 3.01. The molecule has 0 bridgehead atoms. The van der Waals surface area contributed by atoms with Crippen LogP contribution in [0.2, 0.25) is 0 Å². The third kappa shape index (κ3) is 3.88. The van der Waals surface area contributed by atoms with Gasteiger partial charge in [-0.3, -0.25) is 4.79 Å². The van der Waals surface area contributed by atoms with Crippen LogP contribution in [0.5, 0.6) is 0 Å². The maximum atomic E-state index is 12.5. The van der Waals surface area contributed by atoms with Crippen molar-refractivity contribution in [2.24, 2.45) is 24.8 Å². The summed E-state index contributed by atoms with van der Waals surface area (Å²) in [5.74, 6) is 1.90. The fraction of sp³-hybridized carbons (Fsp3) is 0.765. The Bertz CT molecular complexity index is 498. The van der Waals surface area contributed by atoms with Gasteiger partial charge in [0.25, 0.3) is 0 Å². The first kappa shape index (κ1) is 17.0. The molecule has 1 aromatic rings. The van der Waals surface area contributed by atoms with E-state index in [9.17, 15) is 9.90 Å². The number of hydrogen-bond acceptors (Lipinski definition) is 3. The lowest BCUT2D eigenvalue weighted by molar-refractivity contribution is -0.135. The molecule has 3 atom stereocenters. The van der Waals surface area contributed by atoms with Gasteiger partial charge in [-0.1, -0.05) is 20.8 Å². The van der Waals surface area contributed by atoms with Gasteiger partial charge in [0.05, 0.1) is 0 Å². The van der Waals surface area contributed by atoms with Crippen molar-refractivity contribution >= 4 is 5.91 Å². The number of aliphatic hydroxyl groups excluding tert-OH is 1. The number of rotatable bonds is 5. The van der Waals surface area contributed by atoms with Crippen LogP contribution < -0.4 is 0 Å². The molecule has 1 aromatic heterocycles. The number of carbonyl (C=O) groups is 1. The lowest BCUT2D eigenvalue weighted by Gasteiger charge is -2.35. The molecule has 22 heavy (non-hydrogen) atoms. The Morgan fingerprint density at radius 3 is 2.77 bits per heavy atom. The Kier molecular flexibility index (Phi) is 5.62. The molecule has 0 aliphatic carbocycles. The summed E-state index contributed by atoms with van der Waals surface area (Å²) in [5.41, 5.74) is 0. The Morgan fingerprint density at radius 2 is 2.18 bits per heavy atom. The molecule has 3 unspecified atom stereocenters. The standard InChI is InChI=1S/C17H29N3O2/c1-12(2)13(3)10-15(21)20-8-5-6-14(11-20)16(22)17-18-7-9-19(17)4/h7,9,12-14,16,22H,5-6,8,10-11H2,1-4H3. The van der Waals surface area contributed by atoms with Crippen LogP contribution in [0.15, 0.2) is 12.4 Å². The van der Waals surface area contributed by atoms with Gasteiger partial charge in [0.2, 0.25) is 5.91 Å². The van der Waals surface area contributed by atoms with Crippen LogP contribution >= 0.6 is 0 Å². The molecule has 0 radical (unpaired) electrons. The van der Waals surface area contributed by atoms with E-state index in [0.29, 0.717) is 30.6 Å². The van der Waals surface area contributed by atoms with E-state index in [1.165, 1.54) is 0 Å². The largest absolute Gasteiger partial charge is 0.385 e. The van der Waals surface area contributed by atoms with E-state index in [2.05, 4.69) is 25.8 Å². The number of nitrogens with zero attached hydrogens (tertiary/aromatic N) is 3. The highest BCUT2D eigenvalue weighted by Gasteiger charge is 2.31. The number of carbonyl (C=O) groups excluding carboxylic acids is 1. The number of aromatic nitrogens is 2. The third-order valence-corrected chi connectivity index (χ3v) is 5.01. The number of hydrogen-bond donors (Lipinski definition) is 1. The topological polar surface area (TPSA) is 58.4 Å². The minimum Gasteiger partial charge on any atom is -0.385 e. The maximum Gasteiger partial charge on any atom is 0.222 e. The van der Waals surface area contributed by atoms with Crippen LogP contribution in [-0.2, 0) is 11.8 Å². The van der Waals surface area contributed by atoms with Gasteiger partial charge < -0.3 is 14.6 Å². The molecule has 1 N–H and O–H groups in total. The second kappa shape index (κ2) is 7.27. The first-order valence-corrected chi connectivity index (χ1v) is 8.33. The summed E-state index contributed by atoms with van der Waals surface area (Å²) >= 11 is 0. The zero-order valence-corrected chi connectivity index (χ0v) is 14.2. The van der Waals surface area contributed by atoms with Gasteiger partial charge in [0, 0.05) is 44.9 Å². The van der Waals surface area contributed by atoms with E-state index in [1.54, 1.807) is 6.20 Å². The first-order chi connectivity index (χ1) is 10.4. The van der Waals surface area contributed by atoms with Gasteiger partial charge in [0.1, 0.15) is 11.9 Å². The molecular formula is C17H29N3O2. The van der Waals surface area contributed by atoms with Crippen molar-refractivity contribution in [3.8, 4) is 0 Å². The average Bonchev–Trinajstić information content (AvgIpc) is 2.92. The molecule has 2 heterocycles. The first-order valence-electron chi connectivity index (χ1n) is 8.33. The third-order valence-electron chi connectivity index (χ3n) is 5.01. The molecule has 124 valence electrons. The van der Waals surface area contributed by atoms with E-state index in [1.807, 2.05) is 22.7 Å². The number of piperidine rings is 1. The molecule has 0 spiro atoms. The summed E-state index contributed by atoms with van der Waals surface area (Å²) in [4.78, 5) is 18.6. The number of amides is 1. The lowest BCUT2D eigenvalue weighted by atomic mass is 9.90. The number of aliphatic hydroxyl groups is 1. The molecule has 1 fully saturated rings. The molecule has 1 saturated heterocycles. The number of imidazole rings is 1. The quantitative estimate of drug-likeness (QED) is 0.908. The van der Waals surface area contributed by atoms with Crippen LogP contribution in [0.4, 0.5) is 0 Å². The zero-order valence-electron chi connectivity index (χ0n) is 14.2. The minimum absolute atomic E-state index is 0.0770. The van der Waals surface area contributed by atoms with Crippen molar-refractivity contribution in [1.82, 2.24) is 14.5 Å². The summed E-state index contributed by atoms with van der Waals surface area (Å²) < 4.78 is 1.85. The fourth-order valence-electron chi connectivity index (χ4n) is 3.01. The van der Waals surface area contributed by atoms with Crippen molar-refractivity contribution in [3.63, 3.8) is 0 Å². The summed E-state index contributed by atoms with van der Waals surface area (Å²) in [7, 11) is 1.89. The molecule has 2 rings (SSSR count). The Balaban J connectivity index is 1.97. The van der Waals surface area contributed by atoms with Crippen LogP contribution in [0, 0.1) is 17.8 Å². The molecule has 1 aliphatic heterocycles. The average molecular weight is 307 g/mol. The number of aryl methyl sites for hydroxylation is 1. The van der Waals surface area contributed by atoms with E-state index in [4.69, 9.17) is 0 Å². The van der Waals surface area contributed by atoms with Crippen molar-refractivity contribution in [2.75, 3.05) is 13.1 Å². The second-order valence-corrected chi connectivity index (χ2v) is 7.01. The smallest absolute Gasteiger partial charge is 0.222 e. The summed E-state index contributed by atoms with van der Waals surface area (Å²) in [6.07, 6.45) is 5.44. The molecule has 1 aliphatic rings. The Morgan fingerprint density at radius 1 is 1.45 bits per heavy atom. The summed E-state index contributed by atoms with van der Waals surface area (Å²) in [6, 6.07) is 0. The van der Waals surface area contributed by atoms with Gasteiger partial charge >= 0.3 is 0 Å². The van der Waals surface area contributed by atoms with Crippen molar-refractivity contribution in [3.05, 3.63) is 18.2 Å². The highest BCUT2D eigenvalue weighted by Crippen LogP contribution is 2.29. The van der Waals surface area contributed by atoms with E-state index in [0.717, 1.165) is 19.4 Å². The van der Waals surface area contributed by atoms with Crippen LogP contribution in [0.1, 0.15) is 52.0 Å². The van der Waals surface area contributed by atoms with Crippen LogP contribution in [-0.4, -0.2) is 38.6 Å². The highest BCUT2D eigenvalue weighted by molar-refractivity contribution is 5.76. The zero-order chi connectivity index (χ0) is 16.3. The molecule has 5 nitrogen and oxygen atoms in total. The summed E-state index contributed by atoms with van der Waals surface area (Å²) in [5, 5.41) is 10.6. The SMILES string of the molecule is CC(C)C(C)CC(=O)N1CCCC(C(O)c2nccn2C)C1. The monoisotopic (exact) mass is 307 g/mol. The molecular weight excluding hydrogens is 278 g/mol. The number of likely N-dealkylation sites (tertiary alicyclic amines) is 1. The van der Waals surface area contributed by atoms with Gasteiger partial charge in [-0.15, -0.1) is 0 Å². The van der Waals surface area contributed by atoms with Crippen LogP contribution in [0.25, 0.3) is 0 Å². The predicted octanol–water partition coefficient (Wildman–Crippen LogP) is 2.37. The predicted molar refractivity (Wildman–Crippen MR) is 86.1 cm³/mol. The van der Waals surface area contributed by atoms with Gasteiger partial charge in [0.15, 0.2) is 0 Å². The lowest BCUT2D eigenvalue weighted by Crippen LogP contribution is -2.42. The van der Waals surface area contributed by atoms with Gasteiger partial charge in [-0.05, 0) is 24.7 Å². The highest BCUT2D eigenvalue weighted by atomic mass is 16.3. The van der Waals surface area contributed by atoms with Crippen molar-refractivity contribution in [2.45, 2.75) is 46.1 Å². The minimum atomic E-state index is -0.599. The molecule has 0 saturated carbocycles. The Labute approximate surface area is 133 Å². The maximum absolute atomic E-state index is 12.5. The van der Waals surface area contributed by atoms with E-state index < -0.39 is 6.10 Å². The molecule has 0 aromatic carbocycles. The second-order valence-electron chi connectivity index (χ2n) is 7.01. The van der Waals surface area contributed by atoms with Crippen molar-refractivity contribution in [1.29, 1.82) is 0 Å². The van der Waals surface area contributed by atoms with Gasteiger partial charge in [-0.25, -0.2) is 4.98 Å².